The molecule has 0 aliphatic rings. The molecule has 162 valence electrons. The predicted molar refractivity (Wildman–Crippen MR) is 125 cm³/mol. The number of hydrogen-bond acceptors (Lipinski definition) is 4. The third-order valence-electron chi connectivity index (χ3n) is 4.69. The van der Waals surface area contributed by atoms with Gasteiger partial charge in [-0.1, -0.05) is 54.6 Å². The molecular weight excluding hydrogens is 417 g/mol. The van der Waals surface area contributed by atoms with E-state index in [2.05, 4.69) is 0 Å². The first-order valence-corrected chi connectivity index (χ1v) is 10.1. The van der Waals surface area contributed by atoms with E-state index in [9.17, 15) is 9.59 Å². The topological polar surface area (TPSA) is 98.9 Å². The molecule has 0 saturated carbocycles. The van der Waals surface area contributed by atoms with Crippen LogP contribution in [0.1, 0.15) is 30.9 Å². The first kappa shape index (κ1) is 25.6. The SMILES string of the molecule is NC(=O)C(OCCCCC(=O)O)c1ccc(Oc2cccc(-c3ccccc3)c2)cc1.[NaH]. The minimum absolute atomic E-state index is 0. The van der Waals surface area contributed by atoms with Crippen molar-refractivity contribution in [3.05, 3.63) is 84.4 Å². The van der Waals surface area contributed by atoms with E-state index < -0.39 is 18.0 Å². The van der Waals surface area contributed by atoms with Gasteiger partial charge in [0.25, 0.3) is 5.91 Å². The molecule has 1 amide bonds. The fourth-order valence-electron chi connectivity index (χ4n) is 3.14. The molecule has 0 spiro atoms. The zero-order valence-corrected chi connectivity index (χ0v) is 17.1. The van der Waals surface area contributed by atoms with Gasteiger partial charge >= 0.3 is 35.5 Å². The van der Waals surface area contributed by atoms with Crippen LogP contribution in [-0.2, 0) is 14.3 Å². The van der Waals surface area contributed by atoms with Gasteiger partial charge in [0.15, 0.2) is 6.10 Å². The molecule has 3 aromatic carbocycles. The Labute approximate surface area is 209 Å². The minimum atomic E-state index is -0.889. The number of benzene rings is 3. The normalized spacial score (nSPS) is 11.2. The van der Waals surface area contributed by atoms with Crippen LogP contribution < -0.4 is 10.5 Å². The quantitative estimate of drug-likeness (QED) is 0.340. The fourth-order valence-corrected chi connectivity index (χ4v) is 3.14. The molecule has 32 heavy (non-hydrogen) atoms. The standard InChI is InChI=1S/C25H25NO5.Na.H/c26-25(29)24(30-16-5-4-11-23(27)28)19-12-14-21(15-13-19)31-22-10-6-9-20(17-22)18-7-2-1-3-8-18;;/h1-3,6-10,12-15,17,24H,4-5,11,16H2,(H2,26,29)(H,27,28);;. The van der Waals surface area contributed by atoms with Crippen molar-refractivity contribution in [3.8, 4) is 22.6 Å². The number of carboxylic acids is 1. The van der Waals surface area contributed by atoms with Crippen LogP contribution >= 0.6 is 0 Å². The van der Waals surface area contributed by atoms with Crippen LogP contribution in [0.2, 0.25) is 0 Å². The number of unbranched alkanes of at least 4 members (excludes halogenated alkanes) is 1. The van der Waals surface area contributed by atoms with E-state index in [1.54, 1.807) is 24.3 Å². The Morgan fingerprint density at radius 1 is 0.844 bits per heavy atom. The zero-order valence-electron chi connectivity index (χ0n) is 17.1. The van der Waals surface area contributed by atoms with E-state index in [0.717, 1.165) is 11.1 Å². The van der Waals surface area contributed by atoms with Crippen molar-refractivity contribution in [1.29, 1.82) is 0 Å². The Morgan fingerprint density at radius 3 is 2.19 bits per heavy atom. The number of carbonyl (C=O) groups excluding carboxylic acids is 1. The molecule has 3 N–H and O–H groups in total. The number of rotatable bonds is 11. The van der Waals surface area contributed by atoms with Crippen LogP contribution in [0, 0.1) is 0 Å². The number of carbonyl (C=O) groups is 2. The summed E-state index contributed by atoms with van der Waals surface area (Å²) in [7, 11) is 0. The van der Waals surface area contributed by atoms with E-state index in [0.29, 0.717) is 29.9 Å². The van der Waals surface area contributed by atoms with Crippen molar-refractivity contribution >= 4 is 41.4 Å². The van der Waals surface area contributed by atoms with Crippen LogP contribution in [0.4, 0.5) is 0 Å². The number of nitrogens with two attached hydrogens (primary N) is 1. The van der Waals surface area contributed by atoms with Gasteiger partial charge in [0.1, 0.15) is 11.5 Å². The van der Waals surface area contributed by atoms with E-state index in [-0.39, 0.29) is 42.6 Å². The molecule has 1 unspecified atom stereocenters. The second-order valence-electron chi connectivity index (χ2n) is 7.07. The summed E-state index contributed by atoms with van der Waals surface area (Å²) >= 11 is 0. The molecule has 0 fully saturated rings. The van der Waals surface area contributed by atoms with Crippen molar-refractivity contribution in [2.75, 3.05) is 6.61 Å². The summed E-state index contributed by atoms with van der Waals surface area (Å²) in [6, 6.07) is 24.8. The average Bonchev–Trinajstić information content (AvgIpc) is 2.77. The molecule has 0 heterocycles. The maximum atomic E-state index is 11.8. The van der Waals surface area contributed by atoms with Crippen LogP contribution in [0.3, 0.4) is 0 Å². The summed E-state index contributed by atoms with van der Waals surface area (Å²) in [5.74, 6) is -0.118. The molecule has 0 saturated heterocycles. The zero-order chi connectivity index (χ0) is 22.1. The van der Waals surface area contributed by atoms with Crippen molar-refractivity contribution in [1.82, 2.24) is 0 Å². The Balaban J connectivity index is 0.00000363. The van der Waals surface area contributed by atoms with E-state index >= 15 is 0 Å². The van der Waals surface area contributed by atoms with Gasteiger partial charge in [-0.2, -0.15) is 0 Å². The van der Waals surface area contributed by atoms with Crippen LogP contribution in [-0.4, -0.2) is 53.1 Å². The van der Waals surface area contributed by atoms with Crippen LogP contribution in [0.5, 0.6) is 11.5 Å². The molecule has 0 radical (unpaired) electrons. The first-order chi connectivity index (χ1) is 15.0. The third-order valence-corrected chi connectivity index (χ3v) is 4.69. The Morgan fingerprint density at radius 2 is 1.53 bits per heavy atom. The third kappa shape index (κ3) is 7.80. The van der Waals surface area contributed by atoms with Gasteiger partial charge in [-0.25, -0.2) is 0 Å². The second-order valence-corrected chi connectivity index (χ2v) is 7.07. The van der Waals surface area contributed by atoms with Gasteiger partial charge in [0, 0.05) is 13.0 Å². The number of hydrogen-bond donors (Lipinski definition) is 2. The van der Waals surface area contributed by atoms with E-state index in [1.807, 2.05) is 54.6 Å². The summed E-state index contributed by atoms with van der Waals surface area (Å²) in [6.45, 7) is 0.255. The van der Waals surface area contributed by atoms with Crippen LogP contribution in [0.25, 0.3) is 11.1 Å². The predicted octanol–water partition coefficient (Wildman–Crippen LogP) is 4.30. The summed E-state index contributed by atoms with van der Waals surface area (Å²) in [4.78, 5) is 22.3. The van der Waals surface area contributed by atoms with E-state index in [1.165, 1.54) is 0 Å². The Hall–Kier alpha value is -2.64. The molecule has 0 aromatic heterocycles. The molecule has 0 aliphatic heterocycles. The monoisotopic (exact) mass is 443 g/mol. The van der Waals surface area contributed by atoms with Crippen LogP contribution in [0.15, 0.2) is 78.9 Å². The molecular formula is C25H26NNaO5. The first-order valence-electron chi connectivity index (χ1n) is 10.1. The molecule has 1 atom stereocenters. The number of carboxylic acid groups (broad SMARTS) is 1. The van der Waals surface area contributed by atoms with Gasteiger partial charge in [-0.05, 0) is 53.8 Å². The van der Waals surface area contributed by atoms with Gasteiger partial charge in [-0.15, -0.1) is 0 Å². The van der Waals surface area contributed by atoms with Gasteiger partial charge in [-0.3, -0.25) is 9.59 Å². The second kappa shape index (κ2) is 13.0. The maximum absolute atomic E-state index is 11.8. The van der Waals surface area contributed by atoms with Crippen molar-refractivity contribution < 1.29 is 24.2 Å². The Kier molecular flexibility index (Phi) is 10.4. The molecule has 0 bridgehead atoms. The summed E-state index contributed by atoms with van der Waals surface area (Å²) in [5, 5.41) is 8.67. The molecule has 3 aromatic rings. The molecule has 3 rings (SSSR count). The number of aliphatic carboxylic acids is 1. The Bertz CT molecular complexity index is 1010. The summed E-state index contributed by atoms with van der Waals surface area (Å²) < 4.78 is 11.5. The van der Waals surface area contributed by atoms with Crippen molar-refractivity contribution in [3.63, 3.8) is 0 Å². The van der Waals surface area contributed by atoms with Gasteiger partial charge < -0.3 is 20.3 Å². The molecule has 6 nitrogen and oxygen atoms in total. The number of ether oxygens (including phenoxy) is 2. The van der Waals surface area contributed by atoms with Gasteiger partial charge in [0.2, 0.25) is 0 Å². The number of amides is 1. The fraction of sp³-hybridized carbons (Fsp3) is 0.200. The number of primary amides is 1. The summed E-state index contributed by atoms with van der Waals surface area (Å²) in [5.41, 5.74) is 8.26. The molecule has 7 heteroatoms. The molecule has 0 aliphatic carbocycles. The average molecular weight is 443 g/mol. The summed E-state index contributed by atoms with van der Waals surface area (Å²) in [6.07, 6.45) is 0.201. The van der Waals surface area contributed by atoms with Crippen molar-refractivity contribution in [2.45, 2.75) is 25.4 Å². The van der Waals surface area contributed by atoms with Gasteiger partial charge in [0.05, 0.1) is 0 Å². The van der Waals surface area contributed by atoms with E-state index in [4.69, 9.17) is 20.3 Å². The van der Waals surface area contributed by atoms with Crippen molar-refractivity contribution in [2.24, 2.45) is 5.73 Å².